The Labute approximate surface area is 240 Å². The Kier molecular flexibility index (Phi) is 11.8. The van der Waals surface area contributed by atoms with E-state index in [0.717, 1.165) is 60.3 Å². The fourth-order valence-electron chi connectivity index (χ4n) is 4.53. The second kappa shape index (κ2) is 16.2. The van der Waals surface area contributed by atoms with E-state index in [2.05, 4.69) is 97.3 Å². The number of hydrogen-bond donors (Lipinski definition) is 2. The van der Waals surface area contributed by atoms with Crippen molar-refractivity contribution in [3.8, 4) is 22.6 Å². The van der Waals surface area contributed by atoms with Crippen molar-refractivity contribution < 1.29 is 9.47 Å². The first-order valence-corrected chi connectivity index (χ1v) is 14.9. The fraction of sp³-hybridized carbons (Fsp3) is 0.333. The first kappa shape index (κ1) is 29.1. The van der Waals surface area contributed by atoms with Crippen LogP contribution in [0, 0.1) is 0 Å². The smallest absolute Gasteiger partial charge is 0.119 e. The molecule has 0 heterocycles. The van der Waals surface area contributed by atoms with Crippen molar-refractivity contribution in [2.45, 2.75) is 65.2 Å². The summed E-state index contributed by atoms with van der Waals surface area (Å²) in [6, 6.07) is 33.5. The van der Waals surface area contributed by atoms with Crippen molar-refractivity contribution in [2.75, 3.05) is 23.8 Å². The van der Waals surface area contributed by atoms with Crippen LogP contribution >= 0.6 is 0 Å². The van der Waals surface area contributed by atoms with E-state index in [4.69, 9.17) is 9.47 Å². The molecule has 4 heteroatoms. The van der Waals surface area contributed by atoms with Crippen LogP contribution in [-0.4, -0.2) is 13.2 Å². The van der Waals surface area contributed by atoms with Gasteiger partial charge in [0.05, 0.1) is 13.2 Å². The van der Waals surface area contributed by atoms with Crippen LogP contribution in [0.2, 0.25) is 0 Å². The number of nitrogens with one attached hydrogen (secondary N) is 2. The Morgan fingerprint density at radius 1 is 0.400 bits per heavy atom. The van der Waals surface area contributed by atoms with Gasteiger partial charge in [-0.1, -0.05) is 76.6 Å². The van der Waals surface area contributed by atoms with Crippen LogP contribution in [0.5, 0.6) is 11.5 Å². The van der Waals surface area contributed by atoms with Gasteiger partial charge >= 0.3 is 0 Å². The molecule has 0 atom stereocenters. The zero-order chi connectivity index (χ0) is 27.8. The number of rotatable bonds is 17. The molecule has 2 N–H and O–H groups in total. The predicted molar refractivity (Wildman–Crippen MR) is 171 cm³/mol. The van der Waals surface area contributed by atoms with Crippen LogP contribution < -0.4 is 20.1 Å². The summed E-state index contributed by atoms with van der Waals surface area (Å²) in [5.74, 6) is 1.85. The van der Waals surface area contributed by atoms with Crippen LogP contribution in [0.25, 0.3) is 11.1 Å². The molecule has 210 valence electrons. The van der Waals surface area contributed by atoms with Crippen LogP contribution in [-0.2, 0) is 0 Å². The van der Waals surface area contributed by atoms with Crippen molar-refractivity contribution >= 4 is 22.7 Å². The number of unbranched alkanes of at least 4 members (excludes halogenated alkanes) is 6. The largest absolute Gasteiger partial charge is 0.494 e. The molecule has 0 aliphatic heterocycles. The number of hydrogen-bond acceptors (Lipinski definition) is 4. The summed E-state index contributed by atoms with van der Waals surface area (Å²) in [6.07, 6.45) is 9.74. The summed E-state index contributed by atoms with van der Waals surface area (Å²) >= 11 is 0. The normalized spacial score (nSPS) is 10.8. The molecule has 0 aliphatic rings. The van der Waals surface area contributed by atoms with E-state index in [1.54, 1.807) is 0 Å². The lowest BCUT2D eigenvalue weighted by atomic mass is 10.0. The zero-order valence-corrected chi connectivity index (χ0v) is 24.1. The summed E-state index contributed by atoms with van der Waals surface area (Å²) in [5.41, 5.74) is 6.59. The predicted octanol–water partition coefficient (Wildman–Crippen LogP) is 10.8. The van der Waals surface area contributed by atoms with E-state index in [0.29, 0.717) is 0 Å². The Bertz CT molecular complexity index is 1130. The molecule has 0 unspecified atom stereocenters. The lowest BCUT2D eigenvalue weighted by Gasteiger charge is -2.11. The zero-order valence-electron chi connectivity index (χ0n) is 24.1. The standard InChI is InChI=1S/C36H44N2O2/c1-3-5-7-9-27-39-35-23-19-33(20-24-35)37-31-15-11-29(12-16-31)30-13-17-32(18-14-30)38-34-21-25-36(26-22-34)40-28-10-8-6-4-2/h11-26,37-38H,3-10,27-28H2,1-2H3. The van der Waals surface area contributed by atoms with Crippen molar-refractivity contribution in [1.29, 1.82) is 0 Å². The highest BCUT2D eigenvalue weighted by atomic mass is 16.5. The van der Waals surface area contributed by atoms with Crippen molar-refractivity contribution in [3.05, 3.63) is 97.1 Å². The second-order valence-electron chi connectivity index (χ2n) is 10.3. The molecule has 40 heavy (non-hydrogen) atoms. The van der Waals surface area contributed by atoms with Crippen LogP contribution in [0.15, 0.2) is 97.1 Å². The molecule has 4 aromatic rings. The summed E-state index contributed by atoms with van der Waals surface area (Å²) in [5, 5.41) is 6.96. The number of ether oxygens (including phenoxy) is 2. The highest BCUT2D eigenvalue weighted by Gasteiger charge is 2.02. The minimum absolute atomic E-state index is 0.785. The minimum Gasteiger partial charge on any atom is -0.494 e. The molecule has 0 saturated heterocycles. The van der Waals surface area contributed by atoms with Crippen molar-refractivity contribution in [1.82, 2.24) is 0 Å². The van der Waals surface area contributed by atoms with Crippen LogP contribution in [0.4, 0.5) is 22.7 Å². The monoisotopic (exact) mass is 536 g/mol. The SMILES string of the molecule is CCCCCCOc1ccc(Nc2ccc(-c3ccc(Nc4ccc(OCCCCCC)cc4)cc3)cc2)cc1. The molecule has 0 saturated carbocycles. The first-order chi connectivity index (χ1) is 19.7. The third kappa shape index (κ3) is 9.68. The molecule has 0 amide bonds. The molecule has 4 aromatic carbocycles. The van der Waals surface area contributed by atoms with E-state index in [1.165, 1.54) is 49.7 Å². The average Bonchev–Trinajstić information content (AvgIpc) is 2.99. The van der Waals surface area contributed by atoms with Gasteiger partial charge in [0.25, 0.3) is 0 Å². The van der Waals surface area contributed by atoms with Gasteiger partial charge in [-0.3, -0.25) is 0 Å². The third-order valence-corrected chi connectivity index (χ3v) is 6.92. The summed E-state index contributed by atoms with van der Waals surface area (Å²) < 4.78 is 11.7. The van der Waals surface area contributed by atoms with Crippen molar-refractivity contribution in [3.63, 3.8) is 0 Å². The number of anilines is 4. The van der Waals surface area contributed by atoms with E-state index in [9.17, 15) is 0 Å². The summed E-state index contributed by atoms with van der Waals surface area (Å²) in [4.78, 5) is 0. The van der Waals surface area contributed by atoms with Gasteiger partial charge in [0, 0.05) is 22.7 Å². The van der Waals surface area contributed by atoms with Gasteiger partial charge in [0.15, 0.2) is 0 Å². The van der Waals surface area contributed by atoms with E-state index in [-0.39, 0.29) is 0 Å². The molecule has 4 nitrogen and oxygen atoms in total. The molecule has 0 bridgehead atoms. The summed E-state index contributed by atoms with van der Waals surface area (Å²) in [6.45, 7) is 6.02. The lowest BCUT2D eigenvalue weighted by Crippen LogP contribution is -1.97. The Morgan fingerprint density at radius 3 is 1.05 bits per heavy atom. The van der Waals surface area contributed by atoms with Gasteiger partial charge in [-0.15, -0.1) is 0 Å². The highest BCUT2D eigenvalue weighted by Crippen LogP contribution is 2.27. The third-order valence-electron chi connectivity index (χ3n) is 6.92. The molecule has 0 fully saturated rings. The molecule has 0 spiro atoms. The first-order valence-electron chi connectivity index (χ1n) is 14.9. The van der Waals surface area contributed by atoms with E-state index in [1.807, 2.05) is 24.3 Å². The Hall–Kier alpha value is -3.92. The molecule has 0 radical (unpaired) electrons. The topological polar surface area (TPSA) is 42.5 Å². The Balaban J connectivity index is 1.23. The van der Waals surface area contributed by atoms with Crippen LogP contribution in [0.3, 0.4) is 0 Å². The van der Waals surface area contributed by atoms with Gasteiger partial charge in [0.1, 0.15) is 11.5 Å². The maximum Gasteiger partial charge on any atom is 0.119 e. The van der Waals surface area contributed by atoms with E-state index >= 15 is 0 Å². The Morgan fingerprint density at radius 2 is 0.725 bits per heavy atom. The minimum atomic E-state index is 0.785. The van der Waals surface area contributed by atoms with Gasteiger partial charge < -0.3 is 20.1 Å². The fourth-order valence-corrected chi connectivity index (χ4v) is 4.53. The van der Waals surface area contributed by atoms with Crippen molar-refractivity contribution in [2.24, 2.45) is 0 Å². The molecule has 4 rings (SSSR count). The molecular formula is C36H44N2O2. The van der Waals surface area contributed by atoms with E-state index < -0.39 is 0 Å². The quantitative estimate of drug-likeness (QED) is 0.132. The van der Waals surface area contributed by atoms with Gasteiger partial charge in [-0.05, 0) is 96.8 Å². The number of benzene rings is 4. The molecule has 0 aromatic heterocycles. The lowest BCUT2D eigenvalue weighted by molar-refractivity contribution is 0.305. The maximum absolute atomic E-state index is 5.85. The second-order valence-corrected chi connectivity index (χ2v) is 10.3. The summed E-state index contributed by atoms with van der Waals surface area (Å²) in [7, 11) is 0. The van der Waals surface area contributed by atoms with Gasteiger partial charge in [-0.25, -0.2) is 0 Å². The molecule has 0 aliphatic carbocycles. The van der Waals surface area contributed by atoms with Gasteiger partial charge in [0.2, 0.25) is 0 Å². The van der Waals surface area contributed by atoms with Crippen LogP contribution in [0.1, 0.15) is 65.2 Å². The maximum atomic E-state index is 5.85. The van der Waals surface area contributed by atoms with Gasteiger partial charge in [-0.2, -0.15) is 0 Å². The highest BCUT2D eigenvalue weighted by molar-refractivity contribution is 5.71. The molecular weight excluding hydrogens is 492 g/mol. The average molecular weight is 537 g/mol.